The van der Waals surface area contributed by atoms with Gasteiger partial charge >= 0.3 is 0 Å². The van der Waals surface area contributed by atoms with Crippen LogP contribution >= 0.6 is 15.9 Å². The van der Waals surface area contributed by atoms with Crippen LogP contribution in [0.3, 0.4) is 0 Å². The number of anilines is 1. The number of hydrogen-bond acceptors (Lipinski definition) is 4. The van der Waals surface area contributed by atoms with Crippen molar-refractivity contribution in [2.75, 3.05) is 10.8 Å². The number of amides is 2. The zero-order valence-electron chi connectivity index (χ0n) is 23.0. The van der Waals surface area contributed by atoms with Gasteiger partial charge in [-0.15, -0.1) is 0 Å². The molecule has 0 aromatic heterocycles. The molecule has 0 heterocycles. The third kappa shape index (κ3) is 7.92. The van der Waals surface area contributed by atoms with Crippen LogP contribution in [0.5, 0.6) is 0 Å². The summed E-state index contributed by atoms with van der Waals surface area (Å²) in [6, 6.07) is 20.1. The van der Waals surface area contributed by atoms with Crippen LogP contribution in [0.1, 0.15) is 43.9 Å². The Morgan fingerprint density at radius 1 is 0.923 bits per heavy atom. The standard InChI is InChI=1S/C30H36BrN3O4S/c1-6-23(4)32-30(36)24(5)33(19-25-10-7-9-22(3)17-25)29(35)20-34(27-12-8-11-26(31)18-27)39(37,38)28-15-13-21(2)14-16-28/h7-18,23-24H,6,19-20H2,1-5H3,(H,32,36)/t23-,24+/m1/s1. The van der Waals surface area contributed by atoms with E-state index in [1.54, 1.807) is 43.3 Å². The molecule has 3 aromatic rings. The maximum atomic E-state index is 14.0. The summed E-state index contributed by atoms with van der Waals surface area (Å²) in [5.74, 6) is -0.778. The van der Waals surface area contributed by atoms with E-state index in [9.17, 15) is 18.0 Å². The second-order valence-electron chi connectivity index (χ2n) is 9.81. The van der Waals surface area contributed by atoms with Crippen molar-refractivity contribution in [3.63, 3.8) is 0 Å². The van der Waals surface area contributed by atoms with Crippen LogP contribution in [0.15, 0.2) is 82.2 Å². The summed E-state index contributed by atoms with van der Waals surface area (Å²) in [7, 11) is -4.10. The molecule has 0 saturated carbocycles. The van der Waals surface area contributed by atoms with Crippen LogP contribution in [0.4, 0.5) is 5.69 Å². The van der Waals surface area contributed by atoms with Gasteiger partial charge in [-0.2, -0.15) is 0 Å². The van der Waals surface area contributed by atoms with Crippen molar-refractivity contribution in [3.05, 3.63) is 94.0 Å². The van der Waals surface area contributed by atoms with Gasteiger partial charge < -0.3 is 10.2 Å². The van der Waals surface area contributed by atoms with Crippen molar-refractivity contribution in [1.29, 1.82) is 0 Å². The molecule has 2 amide bonds. The van der Waals surface area contributed by atoms with Gasteiger partial charge in [0.25, 0.3) is 10.0 Å². The number of benzene rings is 3. The monoisotopic (exact) mass is 613 g/mol. The Hall–Kier alpha value is -3.17. The van der Waals surface area contributed by atoms with Crippen LogP contribution in [-0.2, 0) is 26.2 Å². The molecule has 0 bridgehead atoms. The molecule has 3 aromatic carbocycles. The van der Waals surface area contributed by atoms with E-state index in [1.165, 1.54) is 17.0 Å². The molecule has 9 heteroatoms. The number of sulfonamides is 1. The first-order valence-electron chi connectivity index (χ1n) is 12.9. The average molecular weight is 615 g/mol. The topological polar surface area (TPSA) is 86.8 Å². The molecule has 0 radical (unpaired) electrons. The van der Waals surface area contributed by atoms with E-state index >= 15 is 0 Å². The van der Waals surface area contributed by atoms with Crippen molar-refractivity contribution in [3.8, 4) is 0 Å². The number of nitrogens with one attached hydrogen (secondary N) is 1. The second kappa shape index (κ2) is 13.3. The quantitative estimate of drug-likeness (QED) is 0.305. The third-order valence-corrected chi connectivity index (χ3v) is 8.87. The van der Waals surface area contributed by atoms with Crippen molar-refractivity contribution in [1.82, 2.24) is 10.2 Å². The fraction of sp³-hybridized carbons (Fsp3) is 0.333. The number of aryl methyl sites for hydroxylation is 2. The molecule has 39 heavy (non-hydrogen) atoms. The van der Waals surface area contributed by atoms with Gasteiger partial charge in [0, 0.05) is 17.1 Å². The minimum Gasteiger partial charge on any atom is -0.352 e. The maximum Gasteiger partial charge on any atom is 0.264 e. The largest absolute Gasteiger partial charge is 0.352 e. The van der Waals surface area contributed by atoms with Gasteiger partial charge in [-0.05, 0) is 70.0 Å². The van der Waals surface area contributed by atoms with Gasteiger partial charge in [0.1, 0.15) is 12.6 Å². The van der Waals surface area contributed by atoms with Gasteiger partial charge in [0.15, 0.2) is 0 Å². The summed E-state index contributed by atoms with van der Waals surface area (Å²) >= 11 is 3.41. The highest BCUT2D eigenvalue weighted by Gasteiger charge is 2.32. The molecule has 0 aliphatic carbocycles. The lowest BCUT2D eigenvalue weighted by Gasteiger charge is -2.32. The van der Waals surface area contributed by atoms with Crippen LogP contribution in [0, 0.1) is 13.8 Å². The Morgan fingerprint density at radius 3 is 2.21 bits per heavy atom. The summed E-state index contributed by atoms with van der Waals surface area (Å²) in [4.78, 5) is 28.6. The maximum absolute atomic E-state index is 14.0. The minimum absolute atomic E-state index is 0.0593. The molecule has 0 unspecified atom stereocenters. The van der Waals surface area contributed by atoms with E-state index in [2.05, 4.69) is 21.2 Å². The summed E-state index contributed by atoms with van der Waals surface area (Å²) in [5.41, 5.74) is 3.13. The molecule has 0 aliphatic rings. The number of rotatable bonds is 11. The minimum atomic E-state index is -4.10. The fourth-order valence-corrected chi connectivity index (χ4v) is 5.85. The average Bonchev–Trinajstić information content (AvgIpc) is 2.89. The third-order valence-electron chi connectivity index (χ3n) is 6.59. The molecular weight excluding hydrogens is 578 g/mol. The number of carbonyl (C=O) groups is 2. The summed E-state index contributed by atoms with van der Waals surface area (Å²) in [6.45, 7) is 9.06. The lowest BCUT2D eigenvalue weighted by molar-refractivity contribution is -0.139. The normalized spacial score (nSPS) is 12.9. The van der Waals surface area contributed by atoms with Crippen LogP contribution < -0.4 is 9.62 Å². The highest BCUT2D eigenvalue weighted by atomic mass is 79.9. The second-order valence-corrected chi connectivity index (χ2v) is 12.6. The van der Waals surface area contributed by atoms with Gasteiger partial charge in [0.05, 0.1) is 10.6 Å². The van der Waals surface area contributed by atoms with E-state index in [0.29, 0.717) is 10.2 Å². The Bertz CT molecular complexity index is 1410. The molecule has 208 valence electrons. The predicted octanol–water partition coefficient (Wildman–Crippen LogP) is 5.59. The molecule has 7 nitrogen and oxygen atoms in total. The van der Waals surface area contributed by atoms with Crippen molar-refractivity contribution in [2.45, 2.75) is 64.6 Å². The smallest absolute Gasteiger partial charge is 0.264 e. The van der Waals surface area contributed by atoms with Crippen LogP contribution in [0.25, 0.3) is 0 Å². The molecule has 2 atom stereocenters. The van der Waals surface area contributed by atoms with Crippen molar-refractivity contribution >= 4 is 43.5 Å². The summed E-state index contributed by atoms with van der Waals surface area (Å²) in [6.07, 6.45) is 0.746. The van der Waals surface area contributed by atoms with Gasteiger partial charge in [-0.1, -0.05) is 76.4 Å². The lowest BCUT2D eigenvalue weighted by Crippen LogP contribution is -2.52. The van der Waals surface area contributed by atoms with E-state index in [1.807, 2.05) is 52.0 Å². The van der Waals surface area contributed by atoms with Crippen LogP contribution in [0.2, 0.25) is 0 Å². The predicted molar refractivity (Wildman–Crippen MR) is 159 cm³/mol. The van der Waals surface area contributed by atoms with E-state index in [-0.39, 0.29) is 23.4 Å². The van der Waals surface area contributed by atoms with Crippen molar-refractivity contribution < 1.29 is 18.0 Å². The number of carbonyl (C=O) groups excluding carboxylic acids is 2. The van der Waals surface area contributed by atoms with Gasteiger partial charge in [-0.3, -0.25) is 13.9 Å². The molecule has 0 spiro atoms. The summed E-state index contributed by atoms with van der Waals surface area (Å²) in [5, 5.41) is 2.94. The Morgan fingerprint density at radius 2 is 1.59 bits per heavy atom. The number of hydrogen-bond donors (Lipinski definition) is 1. The highest BCUT2D eigenvalue weighted by Crippen LogP contribution is 2.27. The molecule has 1 N–H and O–H groups in total. The molecule has 3 rings (SSSR count). The summed E-state index contributed by atoms with van der Waals surface area (Å²) < 4.78 is 29.5. The fourth-order valence-electron chi connectivity index (χ4n) is 4.05. The highest BCUT2D eigenvalue weighted by molar-refractivity contribution is 9.10. The Balaban J connectivity index is 2.03. The van der Waals surface area contributed by atoms with E-state index in [0.717, 1.165) is 27.4 Å². The Kier molecular flexibility index (Phi) is 10.3. The SMILES string of the molecule is CC[C@@H](C)NC(=O)[C@H](C)N(Cc1cccc(C)c1)C(=O)CN(c1cccc(Br)c1)S(=O)(=O)c1ccc(C)cc1. The zero-order valence-corrected chi connectivity index (χ0v) is 25.4. The molecule has 0 aliphatic heterocycles. The first-order chi connectivity index (χ1) is 18.4. The van der Waals surface area contributed by atoms with Crippen molar-refractivity contribution in [2.24, 2.45) is 0 Å². The lowest BCUT2D eigenvalue weighted by atomic mass is 10.1. The number of halogens is 1. The number of nitrogens with zero attached hydrogens (tertiary/aromatic N) is 2. The van der Waals surface area contributed by atoms with E-state index in [4.69, 9.17) is 0 Å². The molecular formula is C30H36BrN3O4S. The van der Waals surface area contributed by atoms with Gasteiger partial charge in [0.2, 0.25) is 11.8 Å². The van der Waals surface area contributed by atoms with Gasteiger partial charge in [-0.25, -0.2) is 8.42 Å². The first kappa shape index (κ1) is 30.4. The zero-order chi connectivity index (χ0) is 28.7. The first-order valence-corrected chi connectivity index (χ1v) is 15.2. The molecule has 0 saturated heterocycles. The Labute approximate surface area is 240 Å². The van der Waals surface area contributed by atoms with Crippen LogP contribution in [-0.4, -0.2) is 43.8 Å². The molecule has 0 fully saturated rings. The van der Waals surface area contributed by atoms with E-state index < -0.39 is 28.5 Å².